The summed E-state index contributed by atoms with van der Waals surface area (Å²) in [4.78, 5) is 39.5. The lowest BCUT2D eigenvalue weighted by Gasteiger charge is -2.17. The SMILES string of the molecule is O=C(Oc1cccc(N2CCCC2=O)c1)c1ccc(N2CCCC2=O)cc1. The van der Waals surface area contributed by atoms with E-state index in [1.807, 2.05) is 6.07 Å². The van der Waals surface area contributed by atoms with Gasteiger partial charge in [0.1, 0.15) is 5.75 Å². The highest BCUT2D eigenvalue weighted by Crippen LogP contribution is 2.26. The second kappa shape index (κ2) is 7.23. The Hall–Kier alpha value is -3.15. The molecule has 0 saturated carbocycles. The van der Waals surface area contributed by atoms with Crippen molar-refractivity contribution >= 4 is 29.2 Å². The van der Waals surface area contributed by atoms with Crippen molar-refractivity contribution in [2.45, 2.75) is 25.7 Å². The Morgan fingerprint density at radius 2 is 1.44 bits per heavy atom. The molecule has 0 atom stereocenters. The number of rotatable bonds is 4. The summed E-state index contributed by atoms with van der Waals surface area (Å²) in [5.41, 5.74) is 1.95. The largest absolute Gasteiger partial charge is 0.423 e. The molecule has 2 heterocycles. The zero-order valence-electron chi connectivity index (χ0n) is 14.9. The molecule has 6 heteroatoms. The van der Waals surface area contributed by atoms with Crippen molar-refractivity contribution in [3.05, 3.63) is 54.1 Å². The molecule has 0 radical (unpaired) electrons. The van der Waals surface area contributed by atoms with Crippen molar-refractivity contribution in [1.29, 1.82) is 0 Å². The summed E-state index contributed by atoms with van der Waals surface area (Å²) in [5, 5.41) is 0. The number of anilines is 2. The van der Waals surface area contributed by atoms with Crippen molar-refractivity contribution in [2.75, 3.05) is 22.9 Å². The van der Waals surface area contributed by atoms with Gasteiger partial charge in [-0.15, -0.1) is 0 Å². The van der Waals surface area contributed by atoms with E-state index in [9.17, 15) is 14.4 Å². The lowest BCUT2D eigenvalue weighted by atomic mass is 10.2. The number of hydrogen-bond donors (Lipinski definition) is 0. The number of ether oxygens (including phenoxy) is 1. The van der Waals surface area contributed by atoms with E-state index in [0.29, 0.717) is 37.2 Å². The number of esters is 1. The molecule has 27 heavy (non-hydrogen) atoms. The standard InChI is InChI=1S/C21H20N2O4/c24-19-6-2-12-22(19)16-10-8-15(9-11-16)21(26)27-18-5-1-4-17(14-18)23-13-3-7-20(23)25/h1,4-5,8-11,14H,2-3,6-7,12-13H2. The van der Waals surface area contributed by atoms with E-state index in [4.69, 9.17) is 4.74 Å². The van der Waals surface area contributed by atoms with E-state index in [1.165, 1.54) is 0 Å². The van der Waals surface area contributed by atoms with Gasteiger partial charge in [0.2, 0.25) is 11.8 Å². The average molecular weight is 364 g/mol. The van der Waals surface area contributed by atoms with Gasteiger partial charge in [-0.2, -0.15) is 0 Å². The molecule has 2 saturated heterocycles. The molecule has 0 spiro atoms. The highest BCUT2D eigenvalue weighted by molar-refractivity contribution is 5.97. The summed E-state index contributed by atoms with van der Waals surface area (Å²) in [6, 6.07) is 13.9. The first-order valence-corrected chi connectivity index (χ1v) is 9.15. The van der Waals surface area contributed by atoms with E-state index >= 15 is 0 Å². The minimum Gasteiger partial charge on any atom is -0.423 e. The molecule has 0 unspecified atom stereocenters. The Bertz CT molecular complexity index is 891. The topological polar surface area (TPSA) is 66.9 Å². The second-order valence-corrected chi connectivity index (χ2v) is 6.73. The molecule has 6 nitrogen and oxygen atoms in total. The Morgan fingerprint density at radius 1 is 0.815 bits per heavy atom. The summed E-state index contributed by atoms with van der Waals surface area (Å²) < 4.78 is 5.46. The summed E-state index contributed by atoms with van der Waals surface area (Å²) >= 11 is 0. The molecule has 0 bridgehead atoms. The van der Waals surface area contributed by atoms with Gasteiger partial charge in [-0.05, 0) is 49.2 Å². The third-order valence-corrected chi connectivity index (χ3v) is 4.90. The fourth-order valence-corrected chi connectivity index (χ4v) is 3.50. The minimum absolute atomic E-state index is 0.0884. The molecule has 0 aromatic heterocycles. The third kappa shape index (κ3) is 3.56. The maximum absolute atomic E-state index is 12.4. The molecular weight excluding hydrogens is 344 g/mol. The van der Waals surface area contributed by atoms with Crippen LogP contribution in [0, 0.1) is 0 Å². The molecule has 2 aliphatic heterocycles. The van der Waals surface area contributed by atoms with Gasteiger partial charge >= 0.3 is 5.97 Å². The fourth-order valence-electron chi connectivity index (χ4n) is 3.50. The van der Waals surface area contributed by atoms with Crippen LogP contribution in [0.15, 0.2) is 48.5 Å². The highest BCUT2D eigenvalue weighted by atomic mass is 16.5. The van der Waals surface area contributed by atoms with Crippen LogP contribution in [-0.2, 0) is 9.59 Å². The molecule has 2 aromatic carbocycles. The molecule has 0 aliphatic carbocycles. The van der Waals surface area contributed by atoms with Gasteiger partial charge in [0, 0.05) is 43.4 Å². The van der Waals surface area contributed by atoms with Gasteiger partial charge in [0.05, 0.1) is 5.56 Å². The first-order chi connectivity index (χ1) is 13.1. The van der Waals surface area contributed by atoms with Crippen molar-refractivity contribution in [1.82, 2.24) is 0 Å². The number of amides is 2. The zero-order valence-corrected chi connectivity index (χ0v) is 14.9. The predicted molar refractivity (Wildman–Crippen MR) is 101 cm³/mol. The highest BCUT2D eigenvalue weighted by Gasteiger charge is 2.23. The van der Waals surface area contributed by atoms with Gasteiger partial charge in [0.15, 0.2) is 0 Å². The average Bonchev–Trinajstić information content (AvgIpc) is 3.30. The third-order valence-electron chi connectivity index (χ3n) is 4.90. The van der Waals surface area contributed by atoms with Crippen molar-refractivity contribution in [3.63, 3.8) is 0 Å². The van der Waals surface area contributed by atoms with Crippen LogP contribution in [0.1, 0.15) is 36.0 Å². The molecule has 0 N–H and O–H groups in total. The molecular formula is C21H20N2O4. The lowest BCUT2D eigenvalue weighted by Crippen LogP contribution is -2.23. The number of benzene rings is 2. The molecule has 2 amide bonds. The normalized spacial score (nSPS) is 16.9. The van der Waals surface area contributed by atoms with E-state index in [1.54, 1.807) is 52.3 Å². The number of carbonyl (C=O) groups is 3. The van der Waals surface area contributed by atoms with Crippen LogP contribution >= 0.6 is 0 Å². The minimum atomic E-state index is -0.473. The smallest absolute Gasteiger partial charge is 0.343 e. The maximum Gasteiger partial charge on any atom is 0.343 e. The fraction of sp³-hybridized carbons (Fsp3) is 0.286. The van der Waals surface area contributed by atoms with Crippen LogP contribution in [-0.4, -0.2) is 30.9 Å². The predicted octanol–water partition coefficient (Wildman–Crippen LogP) is 3.16. The molecule has 2 fully saturated rings. The van der Waals surface area contributed by atoms with Gasteiger partial charge < -0.3 is 14.5 Å². The summed E-state index contributed by atoms with van der Waals surface area (Å²) in [5.74, 6) is 0.124. The Balaban J connectivity index is 1.46. The number of hydrogen-bond acceptors (Lipinski definition) is 4. The van der Waals surface area contributed by atoms with E-state index in [2.05, 4.69) is 0 Å². The van der Waals surface area contributed by atoms with Crippen LogP contribution in [0.25, 0.3) is 0 Å². The Labute approximate surface area is 157 Å². The summed E-state index contributed by atoms with van der Waals surface area (Å²) in [7, 11) is 0. The van der Waals surface area contributed by atoms with Crippen LogP contribution in [0.4, 0.5) is 11.4 Å². The van der Waals surface area contributed by atoms with Crippen LogP contribution in [0.3, 0.4) is 0 Å². The first kappa shape index (κ1) is 17.3. The first-order valence-electron chi connectivity index (χ1n) is 9.15. The summed E-state index contributed by atoms with van der Waals surface area (Å²) in [6.45, 7) is 1.40. The zero-order chi connectivity index (χ0) is 18.8. The quantitative estimate of drug-likeness (QED) is 0.617. The van der Waals surface area contributed by atoms with E-state index in [-0.39, 0.29) is 11.8 Å². The van der Waals surface area contributed by atoms with Crippen molar-refractivity contribution in [3.8, 4) is 5.75 Å². The maximum atomic E-state index is 12.4. The summed E-state index contributed by atoms with van der Waals surface area (Å²) in [6.07, 6.45) is 2.82. The number of carbonyl (C=O) groups excluding carboxylic acids is 3. The van der Waals surface area contributed by atoms with Crippen LogP contribution in [0.5, 0.6) is 5.75 Å². The second-order valence-electron chi connectivity index (χ2n) is 6.73. The van der Waals surface area contributed by atoms with Crippen molar-refractivity contribution in [2.24, 2.45) is 0 Å². The molecule has 4 rings (SSSR count). The Kier molecular flexibility index (Phi) is 4.62. The van der Waals surface area contributed by atoms with Crippen molar-refractivity contribution < 1.29 is 19.1 Å². The van der Waals surface area contributed by atoms with E-state index in [0.717, 1.165) is 24.2 Å². The lowest BCUT2D eigenvalue weighted by molar-refractivity contribution is -0.117. The van der Waals surface area contributed by atoms with E-state index < -0.39 is 5.97 Å². The molecule has 138 valence electrons. The monoisotopic (exact) mass is 364 g/mol. The Morgan fingerprint density at radius 3 is 2.04 bits per heavy atom. The van der Waals surface area contributed by atoms with Gasteiger partial charge in [-0.1, -0.05) is 6.07 Å². The molecule has 2 aliphatic rings. The van der Waals surface area contributed by atoms with Crippen LogP contribution < -0.4 is 14.5 Å². The number of nitrogens with zero attached hydrogens (tertiary/aromatic N) is 2. The van der Waals surface area contributed by atoms with Gasteiger partial charge in [0.25, 0.3) is 0 Å². The van der Waals surface area contributed by atoms with Gasteiger partial charge in [-0.3, -0.25) is 9.59 Å². The van der Waals surface area contributed by atoms with Gasteiger partial charge in [-0.25, -0.2) is 4.79 Å². The van der Waals surface area contributed by atoms with Crippen LogP contribution in [0.2, 0.25) is 0 Å². The molecule has 2 aromatic rings.